The summed E-state index contributed by atoms with van der Waals surface area (Å²) < 4.78 is 0. The van der Waals surface area contributed by atoms with Gasteiger partial charge in [-0.1, -0.05) is 84.0 Å². The third-order valence-electron chi connectivity index (χ3n) is 3.80. The molecule has 0 aliphatic rings. The van der Waals surface area contributed by atoms with Crippen molar-refractivity contribution in [1.29, 1.82) is 0 Å². The van der Waals surface area contributed by atoms with Crippen LogP contribution in [0.1, 0.15) is 0 Å². The predicted octanol–water partition coefficient (Wildman–Crippen LogP) is 2.62. The second kappa shape index (κ2) is 21.1. The zero-order chi connectivity index (χ0) is 24.9. The SMILES string of the molecule is [Pt+2].[Pt+2].c1ccc(N=c2cccc[n-]2)nc1.c1ccc(N=c2cccc[n-]2)nc1.c1cn[n-]c1.c1cn[n-]c1. The summed E-state index contributed by atoms with van der Waals surface area (Å²) in [6.07, 6.45) is 13.4. The molecule has 0 saturated carbocycles. The summed E-state index contributed by atoms with van der Waals surface area (Å²) in [6, 6.07) is 25.9. The summed E-state index contributed by atoms with van der Waals surface area (Å²) in [7, 11) is 0. The molecular formula is C26H22N10Pt2. The van der Waals surface area contributed by atoms with Crippen LogP contribution in [0.25, 0.3) is 0 Å². The first-order valence-electron chi connectivity index (χ1n) is 10.7. The van der Waals surface area contributed by atoms with Crippen molar-refractivity contribution in [2.75, 3.05) is 0 Å². The Hall–Kier alpha value is -4.00. The van der Waals surface area contributed by atoms with Crippen molar-refractivity contribution in [2.24, 2.45) is 9.98 Å². The van der Waals surface area contributed by atoms with Crippen LogP contribution in [0, 0.1) is 0 Å². The Balaban J connectivity index is 0.000000270. The van der Waals surface area contributed by atoms with Crippen molar-refractivity contribution in [2.45, 2.75) is 0 Å². The van der Waals surface area contributed by atoms with E-state index in [9.17, 15) is 0 Å². The fraction of sp³-hybridized carbons (Fsp3) is 0. The third-order valence-corrected chi connectivity index (χ3v) is 3.80. The first kappa shape index (κ1) is 32.0. The fourth-order valence-electron chi connectivity index (χ4n) is 2.30. The van der Waals surface area contributed by atoms with Crippen LogP contribution in [0.4, 0.5) is 11.6 Å². The molecule has 0 aliphatic carbocycles. The molecule has 12 heteroatoms. The predicted molar refractivity (Wildman–Crippen MR) is 134 cm³/mol. The molecule has 0 aliphatic heterocycles. The standard InChI is InChI=1S/2C10H8N3.2C3H3N2.2Pt/c2*1-3-7-11-9(5-1)13-10-6-2-4-8-12-10;2*1-2-4-5-3-1;;/h2*1-8H;2*1-3H;;/q4*-1;2*+2. The Morgan fingerprint density at radius 1 is 0.447 bits per heavy atom. The van der Waals surface area contributed by atoms with Crippen LogP contribution in [0.3, 0.4) is 0 Å². The van der Waals surface area contributed by atoms with Crippen LogP contribution in [0.2, 0.25) is 0 Å². The van der Waals surface area contributed by atoms with E-state index < -0.39 is 0 Å². The molecule has 6 aromatic heterocycles. The van der Waals surface area contributed by atoms with Crippen LogP contribution in [0.15, 0.2) is 144 Å². The largest absolute Gasteiger partial charge is 2.00 e. The minimum Gasteiger partial charge on any atom is -0.582 e. The van der Waals surface area contributed by atoms with Gasteiger partial charge in [-0.3, -0.25) is 9.97 Å². The molecule has 0 fully saturated rings. The maximum Gasteiger partial charge on any atom is 2.00 e. The quantitative estimate of drug-likeness (QED) is 0.260. The smallest absolute Gasteiger partial charge is 0.582 e. The summed E-state index contributed by atoms with van der Waals surface area (Å²) in [5.41, 5.74) is 1.36. The van der Waals surface area contributed by atoms with Gasteiger partial charge in [0, 0.05) is 24.8 Å². The molecule has 0 N–H and O–H groups in total. The minimum atomic E-state index is 0. The monoisotopic (exact) mass is 864 g/mol. The van der Waals surface area contributed by atoms with Crippen LogP contribution < -0.4 is 31.1 Å². The van der Waals surface area contributed by atoms with Gasteiger partial charge < -0.3 is 40.3 Å². The molecule has 6 aromatic rings. The number of aromatic nitrogens is 8. The number of hydrogen-bond acceptors (Lipinski definition) is 6. The van der Waals surface area contributed by atoms with E-state index in [1.165, 1.54) is 0 Å². The molecule has 196 valence electrons. The zero-order valence-corrected chi connectivity index (χ0v) is 24.4. The van der Waals surface area contributed by atoms with Gasteiger partial charge in [-0.15, -0.1) is 0 Å². The van der Waals surface area contributed by atoms with Gasteiger partial charge in [0.2, 0.25) is 0 Å². The van der Waals surface area contributed by atoms with Crippen molar-refractivity contribution in [3.63, 3.8) is 0 Å². The van der Waals surface area contributed by atoms with E-state index >= 15 is 0 Å². The van der Waals surface area contributed by atoms with Crippen molar-refractivity contribution in [3.05, 3.63) is 145 Å². The van der Waals surface area contributed by atoms with E-state index in [2.05, 4.69) is 50.3 Å². The number of pyridine rings is 4. The summed E-state index contributed by atoms with van der Waals surface area (Å²) >= 11 is 0. The zero-order valence-electron chi connectivity index (χ0n) is 19.8. The maximum atomic E-state index is 4.22. The van der Waals surface area contributed by atoms with Gasteiger partial charge in [0.15, 0.2) is 0 Å². The van der Waals surface area contributed by atoms with E-state index in [0.717, 1.165) is 0 Å². The van der Waals surface area contributed by atoms with Gasteiger partial charge in [0.1, 0.15) is 0 Å². The van der Waals surface area contributed by atoms with E-state index in [1.807, 2.05) is 72.8 Å². The molecule has 6 heterocycles. The van der Waals surface area contributed by atoms with Gasteiger partial charge >= 0.3 is 42.1 Å². The Kier molecular flexibility index (Phi) is 17.8. The normalized spacial score (nSPS) is 10.0. The maximum absolute atomic E-state index is 4.22. The van der Waals surface area contributed by atoms with E-state index in [1.54, 1.807) is 61.7 Å². The summed E-state index contributed by atoms with van der Waals surface area (Å²) in [5, 5.41) is 13.9. The third kappa shape index (κ3) is 14.5. The Morgan fingerprint density at radius 3 is 1.16 bits per heavy atom. The second-order valence-electron chi connectivity index (χ2n) is 6.42. The summed E-state index contributed by atoms with van der Waals surface area (Å²) in [6.45, 7) is 0. The molecule has 0 bridgehead atoms. The molecule has 0 saturated heterocycles. The van der Waals surface area contributed by atoms with Crippen LogP contribution >= 0.6 is 0 Å². The van der Waals surface area contributed by atoms with Crippen molar-refractivity contribution >= 4 is 11.6 Å². The first-order chi connectivity index (χ1) is 17.9. The molecule has 0 spiro atoms. The molecule has 38 heavy (non-hydrogen) atoms. The molecule has 0 amide bonds. The van der Waals surface area contributed by atoms with Crippen LogP contribution in [-0.4, -0.2) is 20.2 Å². The Morgan fingerprint density at radius 2 is 0.895 bits per heavy atom. The Bertz CT molecular complexity index is 1250. The number of rotatable bonds is 2. The summed E-state index contributed by atoms with van der Waals surface area (Å²) in [4.78, 5) is 24.7. The summed E-state index contributed by atoms with van der Waals surface area (Å²) in [5.74, 6) is 1.36. The molecule has 0 aromatic carbocycles. The van der Waals surface area contributed by atoms with Gasteiger partial charge in [-0.2, -0.15) is 12.4 Å². The van der Waals surface area contributed by atoms with E-state index in [4.69, 9.17) is 0 Å². The van der Waals surface area contributed by atoms with Crippen molar-refractivity contribution in [1.82, 2.24) is 40.3 Å². The van der Waals surface area contributed by atoms with Gasteiger partial charge in [-0.05, 0) is 24.3 Å². The average Bonchev–Trinajstić information content (AvgIpc) is 3.72. The van der Waals surface area contributed by atoms with E-state index in [-0.39, 0.29) is 42.1 Å². The van der Waals surface area contributed by atoms with Crippen LogP contribution in [-0.2, 0) is 42.1 Å². The molecule has 10 nitrogen and oxygen atoms in total. The topological polar surface area (TPSA) is 133 Å². The Labute approximate surface area is 248 Å². The molecule has 6 rings (SSSR count). The second-order valence-corrected chi connectivity index (χ2v) is 6.42. The average molecular weight is 865 g/mol. The van der Waals surface area contributed by atoms with Gasteiger partial charge in [-0.25, -0.2) is 0 Å². The fourth-order valence-corrected chi connectivity index (χ4v) is 2.30. The van der Waals surface area contributed by atoms with Gasteiger partial charge in [0.05, 0.1) is 11.6 Å². The molecular weight excluding hydrogens is 843 g/mol. The number of nitrogens with zero attached hydrogens (tertiary/aromatic N) is 10. The van der Waals surface area contributed by atoms with E-state index in [0.29, 0.717) is 22.6 Å². The van der Waals surface area contributed by atoms with Gasteiger partial charge in [0.25, 0.3) is 0 Å². The number of hydrogen-bond donors (Lipinski definition) is 0. The first-order valence-corrected chi connectivity index (χ1v) is 10.7. The van der Waals surface area contributed by atoms with Crippen molar-refractivity contribution in [3.8, 4) is 0 Å². The van der Waals surface area contributed by atoms with Crippen molar-refractivity contribution < 1.29 is 42.1 Å². The van der Waals surface area contributed by atoms with Crippen LogP contribution in [0.5, 0.6) is 0 Å². The minimum absolute atomic E-state index is 0. The molecule has 0 unspecified atom stereocenters. The molecule has 0 atom stereocenters. The molecule has 0 radical (unpaired) electrons.